The molecule has 0 saturated heterocycles. The number of nitrogens with one attached hydrogen (secondary N) is 2. The molecule has 0 bridgehead atoms. The summed E-state index contributed by atoms with van der Waals surface area (Å²) in [6.45, 7) is 7.42. The maximum Gasteiger partial charge on any atom is 0.355 e. The first kappa shape index (κ1) is 24.9. The zero-order valence-corrected chi connectivity index (χ0v) is 19.9. The van der Waals surface area contributed by atoms with Crippen LogP contribution >= 0.6 is 0 Å². The van der Waals surface area contributed by atoms with E-state index in [1.165, 1.54) is 28.4 Å². The second-order valence-corrected chi connectivity index (χ2v) is 7.95. The minimum atomic E-state index is -0.673. The molecular weight excluding hydrogens is 416 g/mol. The predicted octanol–water partition coefficient (Wildman–Crippen LogP) is 3.96. The quantitative estimate of drug-likeness (QED) is 0.555. The molecular formula is C23H32N2O7. The third-order valence-corrected chi connectivity index (χ3v) is 4.66. The summed E-state index contributed by atoms with van der Waals surface area (Å²) < 4.78 is 26.6. The summed E-state index contributed by atoms with van der Waals surface area (Å²) in [6, 6.07) is 3.50. The molecule has 0 aliphatic carbocycles. The third-order valence-electron chi connectivity index (χ3n) is 4.66. The van der Waals surface area contributed by atoms with Gasteiger partial charge in [-0.05, 0) is 32.8 Å². The predicted molar refractivity (Wildman–Crippen MR) is 120 cm³/mol. The van der Waals surface area contributed by atoms with Gasteiger partial charge in [0.15, 0.2) is 11.5 Å². The standard InChI is InChI=1S/C23H32N2O7/c1-9-14-18(21(26)31-8)15(25-19(14)22(27)32-23(2,3)4)12-24-13-10-16(28-5)20(30-7)17(11-13)29-6/h10-11,24-25H,9,12H2,1-8H3. The Labute approximate surface area is 188 Å². The van der Waals surface area contributed by atoms with Crippen molar-refractivity contribution in [1.82, 2.24) is 4.98 Å². The number of esters is 2. The Morgan fingerprint density at radius 2 is 1.56 bits per heavy atom. The fourth-order valence-electron chi connectivity index (χ4n) is 3.31. The van der Waals surface area contributed by atoms with Gasteiger partial charge in [-0.25, -0.2) is 9.59 Å². The summed E-state index contributed by atoms with van der Waals surface area (Å²) in [5, 5.41) is 3.23. The van der Waals surface area contributed by atoms with E-state index < -0.39 is 17.5 Å². The third kappa shape index (κ3) is 5.46. The van der Waals surface area contributed by atoms with Gasteiger partial charge < -0.3 is 34.0 Å². The molecule has 1 aromatic carbocycles. The summed E-state index contributed by atoms with van der Waals surface area (Å²) in [5.74, 6) is 0.375. The van der Waals surface area contributed by atoms with E-state index in [2.05, 4.69) is 10.3 Å². The van der Waals surface area contributed by atoms with E-state index in [0.717, 1.165) is 0 Å². The van der Waals surface area contributed by atoms with E-state index in [-0.39, 0.29) is 12.2 Å². The first-order valence-electron chi connectivity index (χ1n) is 10.2. The van der Waals surface area contributed by atoms with Crippen molar-refractivity contribution in [3.8, 4) is 17.2 Å². The van der Waals surface area contributed by atoms with Crippen LogP contribution in [0.2, 0.25) is 0 Å². The van der Waals surface area contributed by atoms with Crippen LogP contribution in [0.3, 0.4) is 0 Å². The number of ether oxygens (including phenoxy) is 5. The molecule has 0 aliphatic heterocycles. The van der Waals surface area contributed by atoms with Crippen LogP contribution in [-0.4, -0.2) is 51.0 Å². The van der Waals surface area contributed by atoms with E-state index in [4.69, 9.17) is 23.7 Å². The molecule has 0 fully saturated rings. The number of methoxy groups -OCH3 is 4. The molecule has 32 heavy (non-hydrogen) atoms. The molecule has 0 saturated carbocycles. The van der Waals surface area contributed by atoms with Gasteiger partial charge in [0.1, 0.15) is 11.3 Å². The van der Waals surface area contributed by atoms with Crippen LogP contribution in [0.15, 0.2) is 12.1 Å². The molecule has 2 rings (SSSR count). The number of aromatic amines is 1. The molecule has 1 aromatic heterocycles. The average Bonchev–Trinajstić information content (AvgIpc) is 3.13. The number of rotatable bonds is 9. The molecule has 0 unspecified atom stereocenters. The SMILES string of the molecule is CCc1c(C(=O)OC(C)(C)C)[nH]c(CNc2cc(OC)c(OC)c(OC)c2)c1C(=O)OC. The molecule has 0 spiro atoms. The van der Waals surface area contributed by atoms with Gasteiger partial charge >= 0.3 is 11.9 Å². The Morgan fingerprint density at radius 3 is 2.00 bits per heavy atom. The Hall–Kier alpha value is -3.36. The number of carbonyl (C=O) groups is 2. The average molecular weight is 449 g/mol. The first-order chi connectivity index (χ1) is 15.1. The van der Waals surface area contributed by atoms with Gasteiger partial charge in [0.25, 0.3) is 0 Å². The highest BCUT2D eigenvalue weighted by molar-refractivity contribution is 5.99. The van der Waals surface area contributed by atoms with Crippen LogP contribution < -0.4 is 19.5 Å². The normalized spacial score (nSPS) is 11.0. The van der Waals surface area contributed by atoms with Crippen molar-refractivity contribution in [3.63, 3.8) is 0 Å². The van der Waals surface area contributed by atoms with Gasteiger partial charge in [-0.3, -0.25) is 0 Å². The van der Waals surface area contributed by atoms with E-state index in [9.17, 15) is 9.59 Å². The van der Waals surface area contributed by atoms with Crippen molar-refractivity contribution >= 4 is 17.6 Å². The fourth-order valence-corrected chi connectivity index (χ4v) is 3.31. The van der Waals surface area contributed by atoms with Gasteiger partial charge in [-0.2, -0.15) is 0 Å². The molecule has 176 valence electrons. The highest BCUT2D eigenvalue weighted by Gasteiger charge is 2.29. The molecule has 0 radical (unpaired) electrons. The minimum Gasteiger partial charge on any atom is -0.493 e. The van der Waals surface area contributed by atoms with E-state index in [0.29, 0.717) is 46.2 Å². The molecule has 2 N–H and O–H groups in total. The molecule has 9 nitrogen and oxygen atoms in total. The number of hydrogen-bond donors (Lipinski definition) is 2. The van der Waals surface area contributed by atoms with Crippen molar-refractivity contribution in [2.24, 2.45) is 0 Å². The van der Waals surface area contributed by atoms with Crippen molar-refractivity contribution in [3.05, 3.63) is 34.6 Å². The van der Waals surface area contributed by atoms with Gasteiger partial charge in [0.2, 0.25) is 5.75 Å². The molecule has 2 aromatic rings. The molecule has 9 heteroatoms. The topological polar surface area (TPSA) is 108 Å². The summed E-state index contributed by atoms with van der Waals surface area (Å²) in [6.07, 6.45) is 0.444. The van der Waals surface area contributed by atoms with Crippen molar-refractivity contribution in [1.29, 1.82) is 0 Å². The van der Waals surface area contributed by atoms with Crippen molar-refractivity contribution < 1.29 is 33.3 Å². The van der Waals surface area contributed by atoms with E-state index >= 15 is 0 Å². The number of carbonyl (C=O) groups excluding carboxylic acids is 2. The van der Waals surface area contributed by atoms with Crippen LogP contribution in [0.25, 0.3) is 0 Å². The van der Waals surface area contributed by atoms with Crippen molar-refractivity contribution in [2.45, 2.75) is 46.3 Å². The Bertz CT molecular complexity index is 948. The molecule has 0 atom stereocenters. The van der Waals surface area contributed by atoms with Gasteiger partial charge in [0.05, 0.1) is 40.5 Å². The van der Waals surface area contributed by atoms with Crippen LogP contribution in [0.1, 0.15) is 59.8 Å². The lowest BCUT2D eigenvalue weighted by Gasteiger charge is -2.19. The largest absolute Gasteiger partial charge is 0.493 e. The second kappa shape index (κ2) is 10.3. The van der Waals surface area contributed by atoms with Crippen molar-refractivity contribution in [2.75, 3.05) is 33.8 Å². The van der Waals surface area contributed by atoms with Gasteiger partial charge in [0, 0.05) is 23.5 Å². The number of benzene rings is 1. The summed E-state index contributed by atoms with van der Waals surface area (Å²) in [5.41, 5.74) is 1.60. The first-order valence-corrected chi connectivity index (χ1v) is 10.2. The zero-order chi connectivity index (χ0) is 24.1. The number of anilines is 1. The molecule has 0 amide bonds. The second-order valence-electron chi connectivity index (χ2n) is 7.95. The Kier molecular flexibility index (Phi) is 8.02. The lowest BCUT2D eigenvalue weighted by atomic mass is 10.1. The number of aromatic nitrogens is 1. The molecule has 0 aliphatic rings. The number of H-pyrrole nitrogens is 1. The lowest BCUT2D eigenvalue weighted by Crippen LogP contribution is -2.24. The zero-order valence-electron chi connectivity index (χ0n) is 19.9. The van der Waals surface area contributed by atoms with E-state index in [1.807, 2.05) is 6.92 Å². The van der Waals surface area contributed by atoms with Gasteiger partial charge in [-0.15, -0.1) is 0 Å². The van der Waals surface area contributed by atoms with Crippen LogP contribution in [-0.2, 0) is 22.4 Å². The summed E-state index contributed by atoms with van der Waals surface area (Å²) >= 11 is 0. The maximum atomic E-state index is 12.8. The summed E-state index contributed by atoms with van der Waals surface area (Å²) in [4.78, 5) is 28.4. The highest BCUT2D eigenvalue weighted by Crippen LogP contribution is 2.40. The molecule has 1 heterocycles. The lowest BCUT2D eigenvalue weighted by molar-refractivity contribution is 0.00622. The van der Waals surface area contributed by atoms with Crippen LogP contribution in [0.4, 0.5) is 5.69 Å². The fraction of sp³-hybridized carbons (Fsp3) is 0.478. The smallest absolute Gasteiger partial charge is 0.355 e. The Balaban J connectivity index is 2.45. The highest BCUT2D eigenvalue weighted by atomic mass is 16.6. The van der Waals surface area contributed by atoms with Crippen LogP contribution in [0, 0.1) is 0 Å². The van der Waals surface area contributed by atoms with Crippen LogP contribution in [0.5, 0.6) is 17.2 Å². The Morgan fingerprint density at radius 1 is 0.969 bits per heavy atom. The monoisotopic (exact) mass is 448 g/mol. The maximum absolute atomic E-state index is 12.8. The van der Waals surface area contributed by atoms with E-state index in [1.54, 1.807) is 32.9 Å². The summed E-state index contributed by atoms with van der Waals surface area (Å²) in [7, 11) is 5.89. The number of hydrogen-bond acceptors (Lipinski definition) is 8. The minimum absolute atomic E-state index is 0.207. The van der Waals surface area contributed by atoms with Gasteiger partial charge in [-0.1, -0.05) is 6.92 Å².